The standard InChI is InChI=1S/C15H20N4/c1-2-4-12(5-3-1)6-7-14-17-15(19-18-14)13-8-10-16-11-9-13/h1-5,13,16H,6-11H2,(H,17,18,19). The van der Waals surface area contributed by atoms with E-state index in [2.05, 4.69) is 44.8 Å². The van der Waals surface area contributed by atoms with Crippen LogP contribution < -0.4 is 5.32 Å². The zero-order chi connectivity index (χ0) is 12.9. The van der Waals surface area contributed by atoms with Crippen LogP contribution in [0.2, 0.25) is 0 Å². The van der Waals surface area contributed by atoms with Gasteiger partial charge in [-0.1, -0.05) is 30.3 Å². The lowest BCUT2D eigenvalue weighted by Gasteiger charge is -2.19. The van der Waals surface area contributed by atoms with Crippen molar-refractivity contribution in [2.24, 2.45) is 0 Å². The Bertz CT molecular complexity index is 500. The summed E-state index contributed by atoms with van der Waals surface area (Å²) in [6.45, 7) is 2.16. The maximum Gasteiger partial charge on any atom is 0.153 e. The Labute approximate surface area is 113 Å². The highest BCUT2D eigenvalue weighted by molar-refractivity contribution is 5.15. The zero-order valence-corrected chi connectivity index (χ0v) is 11.1. The van der Waals surface area contributed by atoms with Crippen molar-refractivity contribution in [2.75, 3.05) is 13.1 Å². The molecule has 2 heterocycles. The fourth-order valence-corrected chi connectivity index (χ4v) is 2.59. The lowest BCUT2D eigenvalue weighted by atomic mass is 9.98. The number of nitrogens with zero attached hydrogens (tertiary/aromatic N) is 2. The van der Waals surface area contributed by atoms with E-state index in [9.17, 15) is 0 Å². The minimum Gasteiger partial charge on any atom is -0.317 e. The third-order valence-electron chi connectivity index (χ3n) is 3.75. The van der Waals surface area contributed by atoms with Gasteiger partial charge in [-0.15, -0.1) is 0 Å². The molecular weight excluding hydrogens is 236 g/mol. The number of nitrogens with one attached hydrogen (secondary N) is 2. The van der Waals surface area contributed by atoms with E-state index in [0.717, 1.165) is 50.4 Å². The summed E-state index contributed by atoms with van der Waals surface area (Å²) < 4.78 is 0. The Kier molecular flexibility index (Phi) is 3.89. The van der Waals surface area contributed by atoms with Gasteiger partial charge in [-0.2, -0.15) is 5.10 Å². The molecule has 0 saturated carbocycles. The molecule has 0 unspecified atom stereocenters. The van der Waals surface area contributed by atoms with E-state index < -0.39 is 0 Å². The molecule has 1 aliphatic rings. The van der Waals surface area contributed by atoms with Gasteiger partial charge in [0.25, 0.3) is 0 Å². The van der Waals surface area contributed by atoms with E-state index >= 15 is 0 Å². The van der Waals surface area contributed by atoms with Crippen molar-refractivity contribution in [3.63, 3.8) is 0 Å². The number of aromatic nitrogens is 3. The van der Waals surface area contributed by atoms with E-state index in [0.29, 0.717) is 5.92 Å². The van der Waals surface area contributed by atoms with Gasteiger partial charge in [0.15, 0.2) is 5.82 Å². The SMILES string of the molecule is c1ccc(CCc2nc(C3CCNCC3)n[nH]2)cc1. The first-order valence-corrected chi connectivity index (χ1v) is 7.07. The van der Waals surface area contributed by atoms with Gasteiger partial charge in [0, 0.05) is 12.3 Å². The first-order valence-electron chi connectivity index (χ1n) is 7.07. The monoisotopic (exact) mass is 256 g/mol. The summed E-state index contributed by atoms with van der Waals surface area (Å²) in [6, 6.07) is 10.5. The van der Waals surface area contributed by atoms with Crippen LogP contribution in [-0.2, 0) is 12.8 Å². The molecule has 2 N–H and O–H groups in total. The van der Waals surface area contributed by atoms with Gasteiger partial charge in [0.2, 0.25) is 0 Å². The Morgan fingerprint density at radius 3 is 2.63 bits per heavy atom. The summed E-state index contributed by atoms with van der Waals surface area (Å²) in [5.74, 6) is 2.55. The Morgan fingerprint density at radius 2 is 1.84 bits per heavy atom. The first-order chi connectivity index (χ1) is 9.42. The van der Waals surface area contributed by atoms with Crippen LogP contribution >= 0.6 is 0 Å². The molecule has 1 aliphatic heterocycles. The fraction of sp³-hybridized carbons (Fsp3) is 0.467. The molecular formula is C15H20N4. The molecule has 100 valence electrons. The molecule has 0 aliphatic carbocycles. The zero-order valence-electron chi connectivity index (χ0n) is 11.1. The van der Waals surface area contributed by atoms with Crippen LogP contribution in [0, 0.1) is 0 Å². The van der Waals surface area contributed by atoms with Crippen molar-refractivity contribution < 1.29 is 0 Å². The van der Waals surface area contributed by atoms with Gasteiger partial charge in [0.05, 0.1) is 0 Å². The fourth-order valence-electron chi connectivity index (χ4n) is 2.59. The first kappa shape index (κ1) is 12.4. The third-order valence-corrected chi connectivity index (χ3v) is 3.75. The molecule has 1 aromatic carbocycles. The second-order valence-corrected chi connectivity index (χ2v) is 5.15. The highest BCUT2D eigenvalue weighted by Gasteiger charge is 2.19. The summed E-state index contributed by atoms with van der Waals surface area (Å²) in [5.41, 5.74) is 1.35. The number of aromatic amines is 1. The van der Waals surface area contributed by atoms with Crippen molar-refractivity contribution in [1.82, 2.24) is 20.5 Å². The van der Waals surface area contributed by atoms with Gasteiger partial charge in [0.1, 0.15) is 5.82 Å². The summed E-state index contributed by atoms with van der Waals surface area (Å²) in [5, 5.41) is 10.9. The number of aryl methyl sites for hydroxylation is 2. The van der Waals surface area contributed by atoms with E-state index in [-0.39, 0.29) is 0 Å². The van der Waals surface area contributed by atoms with Gasteiger partial charge < -0.3 is 5.32 Å². The van der Waals surface area contributed by atoms with E-state index in [1.165, 1.54) is 5.56 Å². The summed E-state index contributed by atoms with van der Waals surface area (Å²) in [6.07, 6.45) is 4.25. The molecule has 4 heteroatoms. The van der Waals surface area contributed by atoms with Gasteiger partial charge >= 0.3 is 0 Å². The summed E-state index contributed by atoms with van der Waals surface area (Å²) in [4.78, 5) is 4.65. The Hall–Kier alpha value is -1.68. The number of hydrogen-bond donors (Lipinski definition) is 2. The largest absolute Gasteiger partial charge is 0.317 e. The molecule has 3 rings (SSSR count). The number of hydrogen-bond acceptors (Lipinski definition) is 3. The quantitative estimate of drug-likeness (QED) is 0.880. The second kappa shape index (κ2) is 5.97. The van der Waals surface area contributed by atoms with Crippen LogP contribution in [-0.4, -0.2) is 28.3 Å². The van der Waals surface area contributed by atoms with Crippen molar-refractivity contribution in [1.29, 1.82) is 0 Å². The number of rotatable bonds is 4. The molecule has 0 amide bonds. The lowest BCUT2D eigenvalue weighted by Crippen LogP contribution is -2.27. The van der Waals surface area contributed by atoms with Crippen LogP contribution in [0.25, 0.3) is 0 Å². The van der Waals surface area contributed by atoms with Crippen molar-refractivity contribution in [3.8, 4) is 0 Å². The van der Waals surface area contributed by atoms with E-state index in [1.54, 1.807) is 0 Å². The number of piperidine rings is 1. The average Bonchev–Trinajstić information content (AvgIpc) is 2.96. The molecule has 0 radical (unpaired) electrons. The summed E-state index contributed by atoms with van der Waals surface area (Å²) in [7, 11) is 0. The van der Waals surface area contributed by atoms with E-state index in [1.807, 2.05) is 6.07 Å². The number of benzene rings is 1. The molecule has 4 nitrogen and oxygen atoms in total. The molecule has 1 saturated heterocycles. The Morgan fingerprint density at radius 1 is 1.05 bits per heavy atom. The Balaban J connectivity index is 1.58. The number of H-pyrrole nitrogens is 1. The lowest BCUT2D eigenvalue weighted by molar-refractivity contribution is 0.445. The minimum absolute atomic E-state index is 0.531. The highest BCUT2D eigenvalue weighted by atomic mass is 15.2. The molecule has 19 heavy (non-hydrogen) atoms. The molecule has 1 fully saturated rings. The normalized spacial score (nSPS) is 16.6. The molecule has 2 aromatic rings. The predicted octanol–water partition coefficient (Wildman–Crippen LogP) is 2.06. The minimum atomic E-state index is 0.531. The highest BCUT2D eigenvalue weighted by Crippen LogP contribution is 2.21. The predicted molar refractivity (Wildman–Crippen MR) is 75.1 cm³/mol. The molecule has 0 spiro atoms. The summed E-state index contributed by atoms with van der Waals surface area (Å²) >= 11 is 0. The van der Waals surface area contributed by atoms with Crippen LogP contribution in [0.1, 0.15) is 36.0 Å². The smallest absolute Gasteiger partial charge is 0.153 e. The maximum absolute atomic E-state index is 4.65. The van der Waals surface area contributed by atoms with Gasteiger partial charge in [-0.05, 0) is 37.9 Å². The maximum atomic E-state index is 4.65. The van der Waals surface area contributed by atoms with Crippen LogP contribution in [0.15, 0.2) is 30.3 Å². The molecule has 1 aromatic heterocycles. The van der Waals surface area contributed by atoms with Gasteiger partial charge in [-0.3, -0.25) is 5.10 Å². The second-order valence-electron chi connectivity index (χ2n) is 5.15. The van der Waals surface area contributed by atoms with Crippen molar-refractivity contribution in [2.45, 2.75) is 31.6 Å². The van der Waals surface area contributed by atoms with Crippen LogP contribution in [0.3, 0.4) is 0 Å². The molecule has 0 atom stereocenters. The average molecular weight is 256 g/mol. The van der Waals surface area contributed by atoms with Crippen LogP contribution in [0.4, 0.5) is 0 Å². The third kappa shape index (κ3) is 3.20. The van der Waals surface area contributed by atoms with Crippen molar-refractivity contribution >= 4 is 0 Å². The van der Waals surface area contributed by atoms with Crippen LogP contribution in [0.5, 0.6) is 0 Å². The topological polar surface area (TPSA) is 53.6 Å². The molecule has 0 bridgehead atoms. The van der Waals surface area contributed by atoms with E-state index in [4.69, 9.17) is 0 Å². The van der Waals surface area contributed by atoms with Crippen molar-refractivity contribution in [3.05, 3.63) is 47.5 Å². The van der Waals surface area contributed by atoms with Gasteiger partial charge in [-0.25, -0.2) is 4.98 Å².